The van der Waals surface area contributed by atoms with Crippen molar-refractivity contribution in [2.75, 3.05) is 13.2 Å². The topological polar surface area (TPSA) is 49.9 Å². The number of halogens is 3. The third kappa shape index (κ3) is 5.64. The summed E-state index contributed by atoms with van der Waals surface area (Å²) in [5.74, 6) is 0.883. The third-order valence-electron chi connectivity index (χ3n) is 7.09. The van der Waals surface area contributed by atoms with Crippen LogP contribution in [0.3, 0.4) is 0 Å². The van der Waals surface area contributed by atoms with Gasteiger partial charge in [-0.2, -0.15) is 4.31 Å². The number of nitrogens with zero attached hydrogens (tertiary/aromatic N) is 2. The fourth-order valence-electron chi connectivity index (χ4n) is 5.42. The van der Waals surface area contributed by atoms with Crippen LogP contribution in [-0.4, -0.2) is 36.2 Å². The van der Waals surface area contributed by atoms with Gasteiger partial charge in [0, 0.05) is 55.8 Å². The molecule has 5 rings (SSSR count). The van der Waals surface area contributed by atoms with Gasteiger partial charge in [0.25, 0.3) is 0 Å². The van der Waals surface area contributed by atoms with Gasteiger partial charge in [0.2, 0.25) is 10.0 Å². The zero-order chi connectivity index (χ0) is 26.9. The molecule has 3 unspecified atom stereocenters. The molecule has 10 heteroatoms. The highest BCUT2D eigenvalue weighted by molar-refractivity contribution is 14.2. The van der Waals surface area contributed by atoms with Gasteiger partial charge in [-0.25, -0.2) is 12.7 Å². The molecular formula is C28H27Cl2IN2O3S2. The molecule has 0 saturated carbocycles. The largest absolute Gasteiger partial charge is 0.498 e. The molecule has 0 bridgehead atoms. The van der Waals surface area contributed by atoms with E-state index in [1.54, 1.807) is 37.7 Å². The lowest BCUT2D eigenvalue weighted by atomic mass is 9.84. The highest BCUT2D eigenvalue weighted by Crippen LogP contribution is 2.50. The molecule has 1 fully saturated rings. The molecule has 1 saturated heterocycles. The number of ether oxygens (including phenoxy) is 1. The molecule has 2 aliphatic heterocycles. The zero-order valence-electron chi connectivity index (χ0n) is 20.6. The Morgan fingerprint density at radius 1 is 0.921 bits per heavy atom. The minimum atomic E-state index is -3.89. The fraction of sp³-hybridized carbons (Fsp3) is 0.286. The normalized spacial score (nSPS) is 22.8. The Balaban J connectivity index is 1.68. The van der Waals surface area contributed by atoms with Gasteiger partial charge in [-0.05, 0) is 70.0 Å². The lowest BCUT2D eigenvalue weighted by molar-refractivity contribution is 0.121. The van der Waals surface area contributed by atoms with Crippen LogP contribution in [0.5, 0.6) is 0 Å². The van der Waals surface area contributed by atoms with Crippen molar-refractivity contribution in [1.82, 2.24) is 8.61 Å². The standard InChI is InChI=1S/C28H27Cl2IN2O3S2/c1-2-36-28-17-26(19-7-4-3-5-8-19)33(38(34,35)23-13-11-21(29)12-14-23)27-16-25(32(37-31)18-24(27)28)20-9-6-10-22(30)15-20/h3-15,25-27H,2,16-18H2,1H3. The minimum Gasteiger partial charge on any atom is -0.498 e. The van der Waals surface area contributed by atoms with Crippen LogP contribution in [0.25, 0.3) is 0 Å². The molecule has 5 nitrogen and oxygen atoms in total. The van der Waals surface area contributed by atoms with Crippen molar-refractivity contribution < 1.29 is 13.2 Å². The van der Waals surface area contributed by atoms with Gasteiger partial charge >= 0.3 is 0 Å². The molecule has 0 aliphatic carbocycles. The van der Waals surface area contributed by atoms with Gasteiger partial charge in [-0.1, -0.05) is 65.7 Å². The Bertz CT molecular complexity index is 1420. The average molecular weight is 701 g/mol. The second-order valence-electron chi connectivity index (χ2n) is 9.27. The molecule has 3 aromatic carbocycles. The molecule has 3 aromatic rings. The first-order chi connectivity index (χ1) is 18.3. The number of rotatable bonds is 7. The zero-order valence-corrected chi connectivity index (χ0v) is 25.9. The van der Waals surface area contributed by atoms with Gasteiger partial charge in [-0.15, -0.1) is 0 Å². The summed E-state index contributed by atoms with van der Waals surface area (Å²) in [6.45, 7) is 3.07. The first-order valence-electron chi connectivity index (χ1n) is 12.3. The summed E-state index contributed by atoms with van der Waals surface area (Å²) in [6, 6.07) is 23.3. The Labute approximate surface area is 250 Å². The summed E-state index contributed by atoms with van der Waals surface area (Å²) < 4.78 is 39.1. The van der Waals surface area contributed by atoms with Crippen molar-refractivity contribution in [2.45, 2.75) is 42.8 Å². The van der Waals surface area contributed by atoms with Crippen molar-refractivity contribution in [2.24, 2.45) is 0 Å². The maximum absolute atomic E-state index is 14.4. The lowest BCUT2D eigenvalue weighted by Crippen LogP contribution is -2.52. The SMILES string of the molecule is CCOC1=C2CN(SI)C(c3cccc(Cl)c3)CC2N(S(=O)(=O)c2ccc(Cl)cc2)C(c2ccccc2)C1. The number of piperidine rings is 1. The summed E-state index contributed by atoms with van der Waals surface area (Å²) in [4.78, 5) is 0.229. The van der Waals surface area contributed by atoms with Crippen molar-refractivity contribution in [3.63, 3.8) is 0 Å². The molecule has 2 heterocycles. The first kappa shape index (κ1) is 28.3. The Hall–Kier alpha value is -1.27. The Morgan fingerprint density at radius 3 is 2.29 bits per heavy atom. The fourth-order valence-corrected chi connectivity index (χ4v) is 9.28. The monoisotopic (exact) mass is 700 g/mol. The maximum Gasteiger partial charge on any atom is 0.244 e. The molecule has 0 spiro atoms. The van der Waals surface area contributed by atoms with Crippen LogP contribution in [0, 0.1) is 0 Å². The predicted molar refractivity (Wildman–Crippen MR) is 164 cm³/mol. The maximum atomic E-state index is 14.4. The molecule has 0 N–H and O–H groups in total. The van der Waals surface area contributed by atoms with E-state index in [2.05, 4.69) is 31.6 Å². The van der Waals surface area contributed by atoms with E-state index in [9.17, 15) is 8.42 Å². The smallest absolute Gasteiger partial charge is 0.244 e. The van der Waals surface area contributed by atoms with Crippen LogP contribution in [0.2, 0.25) is 10.0 Å². The molecule has 0 radical (unpaired) electrons. The second-order valence-corrected chi connectivity index (χ2v) is 13.8. The number of sulfonamides is 1. The molecule has 2 aliphatic rings. The third-order valence-corrected chi connectivity index (χ3v) is 11.6. The van der Waals surface area contributed by atoms with E-state index >= 15 is 0 Å². The summed E-state index contributed by atoms with van der Waals surface area (Å²) in [5.41, 5.74) is 3.01. The molecule has 200 valence electrons. The van der Waals surface area contributed by atoms with Crippen LogP contribution < -0.4 is 0 Å². The van der Waals surface area contributed by atoms with E-state index in [1.807, 2.05) is 55.5 Å². The van der Waals surface area contributed by atoms with E-state index in [4.69, 9.17) is 27.9 Å². The Morgan fingerprint density at radius 2 is 1.63 bits per heavy atom. The van der Waals surface area contributed by atoms with Crippen LogP contribution in [0.15, 0.2) is 95.1 Å². The van der Waals surface area contributed by atoms with Crippen molar-refractivity contribution in [3.8, 4) is 0 Å². The van der Waals surface area contributed by atoms with E-state index in [1.165, 1.54) is 0 Å². The number of hydrogen-bond acceptors (Lipinski definition) is 5. The molecular weight excluding hydrogens is 674 g/mol. The molecule has 0 aromatic heterocycles. The van der Waals surface area contributed by atoms with Crippen LogP contribution in [0.1, 0.15) is 43.0 Å². The highest BCUT2D eigenvalue weighted by Gasteiger charge is 2.49. The van der Waals surface area contributed by atoms with Gasteiger partial charge < -0.3 is 4.74 Å². The van der Waals surface area contributed by atoms with Crippen molar-refractivity contribution in [1.29, 1.82) is 0 Å². The molecule has 38 heavy (non-hydrogen) atoms. The number of benzene rings is 3. The van der Waals surface area contributed by atoms with E-state index in [0.717, 1.165) is 22.5 Å². The van der Waals surface area contributed by atoms with Gasteiger partial charge in [-0.3, -0.25) is 0 Å². The summed E-state index contributed by atoms with van der Waals surface area (Å²) in [6.07, 6.45) is 1.04. The van der Waals surface area contributed by atoms with E-state index in [0.29, 0.717) is 36.0 Å². The highest BCUT2D eigenvalue weighted by atomic mass is 127. The second kappa shape index (κ2) is 12.1. The van der Waals surface area contributed by atoms with Gasteiger partial charge in [0.05, 0.1) is 29.3 Å². The predicted octanol–water partition coefficient (Wildman–Crippen LogP) is 8.23. The quantitative estimate of drug-likeness (QED) is 0.184. The summed E-state index contributed by atoms with van der Waals surface area (Å²) in [5, 5.41) is 1.16. The lowest BCUT2D eigenvalue weighted by Gasteiger charge is -2.49. The summed E-state index contributed by atoms with van der Waals surface area (Å²) >= 11 is 14.8. The average Bonchev–Trinajstić information content (AvgIpc) is 2.93. The summed E-state index contributed by atoms with van der Waals surface area (Å²) in [7, 11) is -2.27. The van der Waals surface area contributed by atoms with E-state index in [-0.39, 0.29) is 17.0 Å². The van der Waals surface area contributed by atoms with Crippen molar-refractivity contribution in [3.05, 3.63) is 111 Å². The first-order valence-corrected chi connectivity index (χ1v) is 17.8. The number of fused-ring (bicyclic) bond motifs is 1. The van der Waals surface area contributed by atoms with E-state index < -0.39 is 16.1 Å². The van der Waals surface area contributed by atoms with Gasteiger partial charge in [0.15, 0.2) is 0 Å². The molecule has 0 amide bonds. The Kier molecular flexibility index (Phi) is 8.99. The van der Waals surface area contributed by atoms with Crippen molar-refractivity contribution >= 4 is 63.5 Å². The van der Waals surface area contributed by atoms with Crippen LogP contribution in [0.4, 0.5) is 0 Å². The minimum absolute atomic E-state index is 0.0373. The molecule has 3 atom stereocenters. The van der Waals surface area contributed by atoms with Crippen LogP contribution in [-0.2, 0) is 14.8 Å². The number of hydrogen-bond donors (Lipinski definition) is 0. The van der Waals surface area contributed by atoms with Crippen LogP contribution >= 0.6 is 53.5 Å². The van der Waals surface area contributed by atoms with Gasteiger partial charge in [0.1, 0.15) is 0 Å².